The molecule has 220 valence electrons. The molecule has 2 saturated heterocycles. The Morgan fingerprint density at radius 3 is 2.34 bits per heavy atom. The van der Waals surface area contributed by atoms with E-state index in [1.54, 1.807) is 7.11 Å². The average molecular weight is 563 g/mol. The van der Waals surface area contributed by atoms with Gasteiger partial charge in [0.2, 0.25) is 5.88 Å². The number of hydrogen-bond acceptors (Lipinski definition) is 9. The number of rotatable bonds is 14. The molecule has 9 heteroatoms. The van der Waals surface area contributed by atoms with Crippen LogP contribution in [0.5, 0.6) is 11.6 Å². The molecule has 0 aliphatic carbocycles. The molecule has 0 saturated carbocycles. The van der Waals surface area contributed by atoms with Gasteiger partial charge >= 0.3 is 0 Å². The summed E-state index contributed by atoms with van der Waals surface area (Å²) in [7, 11) is 1.70. The summed E-state index contributed by atoms with van der Waals surface area (Å²) >= 11 is 0. The zero-order valence-corrected chi connectivity index (χ0v) is 24.1. The van der Waals surface area contributed by atoms with Crippen molar-refractivity contribution in [2.24, 2.45) is 0 Å². The Morgan fingerprint density at radius 1 is 0.805 bits per heavy atom. The largest absolute Gasteiger partial charge is 0.497 e. The number of methoxy groups -OCH3 is 1. The highest BCUT2D eigenvalue weighted by Gasteiger charge is 2.14. The minimum atomic E-state index is 0.457. The molecule has 41 heavy (non-hydrogen) atoms. The van der Waals surface area contributed by atoms with Gasteiger partial charge in [0.25, 0.3) is 0 Å². The van der Waals surface area contributed by atoms with Crippen LogP contribution in [0.15, 0.2) is 66.9 Å². The third-order valence-electron chi connectivity index (χ3n) is 7.41. The first-order valence-electron chi connectivity index (χ1n) is 14.5. The minimum Gasteiger partial charge on any atom is -0.497 e. The summed E-state index contributed by atoms with van der Waals surface area (Å²) in [6.45, 7) is 11.0. The molecule has 5 rings (SSSR count). The molecular weight excluding hydrogens is 520 g/mol. The van der Waals surface area contributed by atoms with Crippen LogP contribution < -0.4 is 19.3 Å². The van der Waals surface area contributed by atoms with Crippen LogP contribution in [-0.2, 0) is 27.3 Å². The smallest absolute Gasteiger partial charge is 0.215 e. The summed E-state index contributed by atoms with van der Waals surface area (Å²) in [4.78, 5) is 11.5. The first kappa shape index (κ1) is 29.1. The van der Waals surface area contributed by atoms with Gasteiger partial charge in [0, 0.05) is 69.5 Å². The zero-order valence-electron chi connectivity index (χ0n) is 24.1. The Kier molecular flexibility index (Phi) is 11.1. The van der Waals surface area contributed by atoms with Crippen molar-refractivity contribution in [2.45, 2.75) is 13.1 Å². The second-order valence-corrected chi connectivity index (χ2v) is 10.2. The van der Waals surface area contributed by atoms with Gasteiger partial charge < -0.3 is 33.5 Å². The highest BCUT2D eigenvalue weighted by molar-refractivity contribution is 5.52. The van der Waals surface area contributed by atoms with Crippen molar-refractivity contribution in [1.29, 1.82) is 0 Å². The first-order valence-corrected chi connectivity index (χ1v) is 14.5. The van der Waals surface area contributed by atoms with Crippen molar-refractivity contribution in [3.8, 4) is 11.6 Å². The lowest BCUT2D eigenvalue weighted by Crippen LogP contribution is -2.38. The number of aromatic nitrogens is 1. The van der Waals surface area contributed by atoms with E-state index in [9.17, 15) is 0 Å². The van der Waals surface area contributed by atoms with Crippen molar-refractivity contribution >= 4 is 11.4 Å². The normalized spacial score (nSPS) is 16.0. The Hall–Kier alpha value is -3.37. The molecule has 3 aromatic rings. The molecule has 0 unspecified atom stereocenters. The van der Waals surface area contributed by atoms with Gasteiger partial charge in [-0.3, -0.25) is 4.90 Å². The van der Waals surface area contributed by atoms with E-state index in [0.29, 0.717) is 25.7 Å². The standard InChI is InChI=1S/C32H42N4O5/c1-37-31-4-2-3-28(23-31)26-36(25-27-5-7-29(8-6-27)35-14-19-39-20-15-35)30-9-10-33-32(24-30)41-22-21-40-18-13-34-11-16-38-17-12-34/h2-10,23-24H,11-22,25-26H2,1H3. The third-order valence-corrected chi connectivity index (χ3v) is 7.41. The third kappa shape index (κ3) is 9.06. The lowest BCUT2D eigenvalue weighted by Gasteiger charge is -2.29. The molecule has 9 nitrogen and oxygen atoms in total. The number of morpholine rings is 2. The van der Waals surface area contributed by atoms with E-state index in [4.69, 9.17) is 23.7 Å². The van der Waals surface area contributed by atoms with Gasteiger partial charge in [-0.2, -0.15) is 0 Å². The molecule has 0 spiro atoms. The summed E-state index contributed by atoms with van der Waals surface area (Å²) in [5.74, 6) is 1.45. The quantitative estimate of drug-likeness (QED) is 0.273. The van der Waals surface area contributed by atoms with Crippen LogP contribution in [0.3, 0.4) is 0 Å². The van der Waals surface area contributed by atoms with Gasteiger partial charge in [-0.1, -0.05) is 24.3 Å². The van der Waals surface area contributed by atoms with E-state index in [0.717, 1.165) is 83.7 Å². The van der Waals surface area contributed by atoms with Crippen molar-refractivity contribution in [2.75, 3.05) is 95.9 Å². The van der Waals surface area contributed by atoms with Gasteiger partial charge in [-0.25, -0.2) is 4.98 Å². The predicted octanol–water partition coefficient (Wildman–Crippen LogP) is 3.86. The number of ether oxygens (including phenoxy) is 5. The number of pyridine rings is 1. The SMILES string of the molecule is COc1cccc(CN(Cc2ccc(N3CCOCC3)cc2)c2ccnc(OCCOCCN3CCOCC3)c2)c1. The lowest BCUT2D eigenvalue weighted by molar-refractivity contribution is 0.0168. The van der Waals surface area contributed by atoms with E-state index in [2.05, 4.69) is 56.1 Å². The number of benzene rings is 2. The molecule has 0 N–H and O–H groups in total. The van der Waals surface area contributed by atoms with E-state index in [1.807, 2.05) is 30.5 Å². The van der Waals surface area contributed by atoms with Crippen LogP contribution in [0.25, 0.3) is 0 Å². The second-order valence-electron chi connectivity index (χ2n) is 10.2. The number of anilines is 2. The fourth-order valence-electron chi connectivity index (χ4n) is 5.08. The van der Waals surface area contributed by atoms with Crippen LogP contribution in [0.1, 0.15) is 11.1 Å². The summed E-state index contributed by atoms with van der Waals surface area (Å²) in [5, 5.41) is 0. The maximum atomic E-state index is 5.98. The molecule has 2 aliphatic rings. The fraction of sp³-hybridized carbons (Fsp3) is 0.469. The molecule has 2 fully saturated rings. The molecular formula is C32H42N4O5. The van der Waals surface area contributed by atoms with Crippen molar-refractivity contribution in [1.82, 2.24) is 9.88 Å². The molecule has 0 atom stereocenters. The van der Waals surface area contributed by atoms with Crippen molar-refractivity contribution in [3.63, 3.8) is 0 Å². The molecule has 0 bridgehead atoms. The fourth-order valence-corrected chi connectivity index (χ4v) is 5.08. The average Bonchev–Trinajstić information content (AvgIpc) is 3.04. The van der Waals surface area contributed by atoms with Gasteiger partial charge in [0.15, 0.2) is 0 Å². The van der Waals surface area contributed by atoms with Crippen LogP contribution in [0.2, 0.25) is 0 Å². The molecule has 0 radical (unpaired) electrons. The maximum Gasteiger partial charge on any atom is 0.215 e. The molecule has 0 amide bonds. The van der Waals surface area contributed by atoms with Gasteiger partial charge in [0.05, 0.1) is 46.8 Å². The summed E-state index contributed by atoms with van der Waals surface area (Å²) in [6.07, 6.45) is 1.81. The van der Waals surface area contributed by atoms with Crippen molar-refractivity contribution < 1.29 is 23.7 Å². The zero-order chi connectivity index (χ0) is 28.1. The van der Waals surface area contributed by atoms with E-state index >= 15 is 0 Å². The summed E-state index contributed by atoms with van der Waals surface area (Å²) < 4.78 is 28.2. The predicted molar refractivity (Wildman–Crippen MR) is 160 cm³/mol. The molecule has 2 aliphatic heterocycles. The second kappa shape index (κ2) is 15.6. The number of hydrogen-bond donors (Lipinski definition) is 0. The van der Waals surface area contributed by atoms with E-state index in [-0.39, 0.29) is 0 Å². The number of nitrogens with zero attached hydrogens (tertiary/aromatic N) is 4. The van der Waals surface area contributed by atoms with Crippen LogP contribution in [0, 0.1) is 0 Å². The Balaban J connectivity index is 1.21. The summed E-state index contributed by atoms with van der Waals surface area (Å²) in [5.41, 5.74) is 4.69. The highest BCUT2D eigenvalue weighted by Crippen LogP contribution is 2.25. The molecule has 2 aromatic carbocycles. The summed E-state index contributed by atoms with van der Waals surface area (Å²) in [6, 6.07) is 21.1. The first-order chi connectivity index (χ1) is 20.3. The lowest BCUT2D eigenvalue weighted by atomic mass is 10.1. The van der Waals surface area contributed by atoms with Gasteiger partial charge in [-0.05, 0) is 41.5 Å². The van der Waals surface area contributed by atoms with E-state index in [1.165, 1.54) is 16.8 Å². The Morgan fingerprint density at radius 2 is 1.56 bits per heavy atom. The Labute approximate surface area is 243 Å². The van der Waals surface area contributed by atoms with Crippen LogP contribution in [-0.4, -0.2) is 96.0 Å². The molecule has 1 aromatic heterocycles. The Bertz CT molecular complexity index is 1180. The van der Waals surface area contributed by atoms with Gasteiger partial charge in [0.1, 0.15) is 12.4 Å². The van der Waals surface area contributed by atoms with E-state index < -0.39 is 0 Å². The highest BCUT2D eigenvalue weighted by atomic mass is 16.5. The molecule has 3 heterocycles. The topological polar surface area (TPSA) is 68.8 Å². The van der Waals surface area contributed by atoms with Crippen LogP contribution >= 0.6 is 0 Å². The maximum absolute atomic E-state index is 5.98. The van der Waals surface area contributed by atoms with Crippen molar-refractivity contribution in [3.05, 3.63) is 78.0 Å². The van der Waals surface area contributed by atoms with Gasteiger partial charge in [-0.15, -0.1) is 0 Å². The monoisotopic (exact) mass is 562 g/mol. The minimum absolute atomic E-state index is 0.457. The van der Waals surface area contributed by atoms with Crippen LogP contribution in [0.4, 0.5) is 11.4 Å².